The average molecular weight is 475 g/mol. The third-order valence-electron chi connectivity index (χ3n) is 5.47. The molecule has 3 heterocycles. The minimum Gasteiger partial charge on any atom is -0.265 e. The van der Waals surface area contributed by atoms with E-state index in [1.807, 2.05) is 66.7 Å². The number of halogens is 1. The van der Waals surface area contributed by atoms with E-state index in [0.29, 0.717) is 17.2 Å². The molecular formula is C25H19ClN4O2S. The van der Waals surface area contributed by atoms with Crippen LogP contribution in [0.25, 0.3) is 27.9 Å². The number of rotatable bonds is 5. The Morgan fingerprint density at radius 2 is 1.61 bits per heavy atom. The molecule has 0 aliphatic heterocycles. The molecule has 3 aromatic heterocycles. The van der Waals surface area contributed by atoms with Gasteiger partial charge in [0, 0.05) is 51.1 Å². The van der Waals surface area contributed by atoms with Crippen LogP contribution in [0.3, 0.4) is 0 Å². The van der Waals surface area contributed by atoms with Crippen molar-refractivity contribution < 1.29 is 4.21 Å². The summed E-state index contributed by atoms with van der Waals surface area (Å²) in [5.74, 6) is 0. The molecule has 0 fully saturated rings. The Kier molecular flexibility index (Phi) is 5.66. The number of hydrogen-bond acceptors (Lipinski definition) is 4. The van der Waals surface area contributed by atoms with Gasteiger partial charge in [-0.15, -0.1) is 5.10 Å². The molecule has 33 heavy (non-hydrogen) atoms. The van der Waals surface area contributed by atoms with E-state index >= 15 is 0 Å². The minimum absolute atomic E-state index is 0.230. The molecule has 1 unspecified atom stereocenters. The predicted molar refractivity (Wildman–Crippen MR) is 131 cm³/mol. The second kappa shape index (κ2) is 8.77. The molecule has 5 aromatic rings. The summed E-state index contributed by atoms with van der Waals surface area (Å²) in [5, 5.41) is 5.36. The number of benzene rings is 2. The zero-order chi connectivity index (χ0) is 22.9. The first-order valence-corrected chi connectivity index (χ1v) is 12.2. The SMILES string of the molecule is CS(=O)c1ccc(Cn2nc3c(-c4ccncc4)c(-c4ccc(Cl)cc4)ccn3c2=O)cc1. The van der Waals surface area contributed by atoms with Gasteiger partial charge >= 0.3 is 5.69 Å². The highest BCUT2D eigenvalue weighted by Gasteiger charge is 2.17. The van der Waals surface area contributed by atoms with E-state index in [4.69, 9.17) is 16.7 Å². The Hall–Kier alpha value is -3.55. The molecule has 6 nitrogen and oxygen atoms in total. The third kappa shape index (κ3) is 4.13. The summed E-state index contributed by atoms with van der Waals surface area (Å²) in [4.78, 5) is 18.0. The Bertz CT molecular complexity index is 1530. The lowest BCUT2D eigenvalue weighted by Crippen LogP contribution is -2.21. The van der Waals surface area contributed by atoms with Gasteiger partial charge in [0.1, 0.15) is 0 Å². The van der Waals surface area contributed by atoms with Crippen LogP contribution >= 0.6 is 11.6 Å². The number of nitrogens with zero attached hydrogens (tertiary/aromatic N) is 4. The molecular weight excluding hydrogens is 456 g/mol. The van der Waals surface area contributed by atoms with Crippen molar-refractivity contribution in [3.63, 3.8) is 0 Å². The maximum atomic E-state index is 13.2. The summed E-state index contributed by atoms with van der Waals surface area (Å²) >= 11 is 6.09. The Morgan fingerprint density at radius 1 is 0.909 bits per heavy atom. The number of fused-ring (bicyclic) bond motifs is 1. The first kappa shape index (κ1) is 21.3. The predicted octanol–water partition coefficient (Wildman–Crippen LogP) is 4.66. The van der Waals surface area contributed by atoms with Crippen LogP contribution in [0.15, 0.2) is 95.0 Å². The second-order valence-corrected chi connectivity index (χ2v) is 9.40. The van der Waals surface area contributed by atoms with Gasteiger partial charge in [-0.1, -0.05) is 35.9 Å². The van der Waals surface area contributed by atoms with Crippen molar-refractivity contribution in [2.75, 3.05) is 6.26 Å². The third-order valence-corrected chi connectivity index (χ3v) is 6.65. The molecule has 5 rings (SSSR count). The summed E-state index contributed by atoms with van der Waals surface area (Å²) in [7, 11) is -1.05. The Labute approximate surface area is 197 Å². The van der Waals surface area contributed by atoms with Crippen molar-refractivity contribution in [1.82, 2.24) is 19.2 Å². The van der Waals surface area contributed by atoms with E-state index in [2.05, 4.69) is 4.98 Å². The average Bonchev–Trinajstić information content (AvgIpc) is 3.15. The monoisotopic (exact) mass is 474 g/mol. The van der Waals surface area contributed by atoms with Crippen LogP contribution < -0.4 is 5.69 Å². The summed E-state index contributed by atoms with van der Waals surface area (Å²) in [6, 6.07) is 20.7. The molecule has 0 saturated carbocycles. The summed E-state index contributed by atoms with van der Waals surface area (Å²) < 4.78 is 14.7. The van der Waals surface area contributed by atoms with Gasteiger partial charge in [0.05, 0.1) is 6.54 Å². The zero-order valence-electron chi connectivity index (χ0n) is 17.7. The molecule has 164 valence electrons. The molecule has 2 aromatic carbocycles. The van der Waals surface area contributed by atoms with E-state index in [0.717, 1.165) is 32.7 Å². The van der Waals surface area contributed by atoms with Gasteiger partial charge in [0.2, 0.25) is 0 Å². The molecule has 0 spiro atoms. The van der Waals surface area contributed by atoms with Crippen LogP contribution in [0.2, 0.25) is 5.02 Å². The van der Waals surface area contributed by atoms with Gasteiger partial charge < -0.3 is 0 Å². The van der Waals surface area contributed by atoms with Gasteiger partial charge in [-0.25, -0.2) is 13.9 Å². The number of pyridine rings is 2. The molecule has 0 N–H and O–H groups in total. The van der Waals surface area contributed by atoms with Crippen LogP contribution in [0.4, 0.5) is 0 Å². The Balaban J connectivity index is 1.67. The van der Waals surface area contributed by atoms with Crippen molar-refractivity contribution in [3.8, 4) is 22.3 Å². The fraction of sp³-hybridized carbons (Fsp3) is 0.0800. The zero-order valence-corrected chi connectivity index (χ0v) is 19.3. The van der Waals surface area contributed by atoms with Crippen LogP contribution in [0.1, 0.15) is 5.56 Å². The second-order valence-electron chi connectivity index (χ2n) is 7.58. The quantitative estimate of drug-likeness (QED) is 0.371. The molecule has 0 aliphatic carbocycles. The Morgan fingerprint density at radius 3 is 2.27 bits per heavy atom. The first-order valence-electron chi connectivity index (χ1n) is 10.2. The van der Waals surface area contributed by atoms with Crippen LogP contribution in [0.5, 0.6) is 0 Å². The van der Waals surface area contributed by atoms with Gasteiger partial charge in [-0.05, 0) is 64.7 Å². The first-order chi connectivity index (χ1) is 16.0. The van der Waals surface area contributed by atoms with Gasteiger partial charge in [0.15, 0.2) is 5.65 Å². The van der Waals surface area contributed by atoms with Crippen molar-refractivity contribution in [2.24, 2.45) is 0 Å². The maximum absolute atomic E-state index is 13.2. The topological polar surface area (TPSA) is 69.3 Å². The van der Waals surface area contributed by atoms with Crippen molar-refractivity contribution in [1.29, 1.82) is 0 Å². The maximum Gasteiger partial charge on any atom is 0.350 e. The lowest BCUT2D eigenvalue weighted by molar-refractivity contribution is 0.658. The van der Waals surface area contributed by atoms with E-state index in [-0.39, 0.29) is 5.69 Å². The van der Waals surface area contributed by atoms with Crippen LogP contribution in [-0.2, 0) is 17.3 Å². The molecule has 0 saturated heterocycles. The molecule has 0 amide bonds. The molecule has 0 aliphatic rings. The summed E-state index contributed by atoms with van der Waals surface area (Å²) in [6.07, 6.45) is 6.83. The van der Waals surface area contributed by atoms with Crippen LogP contribution in [0, 0.1) is 0 Å². The lowest BCUT2D eigenvalue weighted by Gasteiger charge is -2.11. The number of aromatic nitrogens is 4. The standard InChI is InChI=1S/C25H19ClN4O2S/c1-33(32)21-8-2-17(3-9-21)16-30-25(31)29-15-12-22(18-4-6-20(26)7-5-18)23(24(29)28-30)19-10-13-27-14-11-19/h2-15H,16H2,1H3. The fourth-order valence-corrected chi connectivity index (χ4v) is 4.46. The summed E-state index contributed by atoms with van der Waals surface area (Å²) in [6.45, 7) is 0.309. The van der Waals surface area contributed by atoms with Gasteiger partial charge in [0.25, 0.3) is 0 Å². The van der Waals surface area contributed by atoms with Gasteiger partial charge in [-0.3, -0.25) is 9.19 Å². The fourth-order valence-electron chi connectivity index (χ4n) is 3.81. The van der Waals surface area contributed by atoms with E-state index in [1.165, 1.54) is 4.68 Å². The van der Waals surface area contributed by atoms with Crippen molar-refractivity contribution in [3.05, 3.63) is 106 Å². The smallest absolute Gasteiger partial charge is 0.265 e. The van der Waals surface area contributed by atoms with Crippen molar-refractivity contribution >= 4 is 28.0 Å². The van der Waals surface area contributed by atoms with E-state index in [1.54, 1.807) is 29.2 Å². The molecule has 1 atom stereocenters. The van der Waals surface area contributed by atoms with Gasteiger partial charge in [-0.2, -0.15) is 0 Å². The highest BCUT2D eigenvalue weighted by atomic mass is 35.5. The minimum atomic E-state index is -1.05. The molecule has 8 heteroatoms. The normalized spacial score (nSPS) is 12.2. The van der Waals surface area contributed by atoms with Crippen molar-refractivity contribution in [2.45, 2.75) is 11.4 Å². The largest absolute Gasteiger partial charge is 0.350 e. The number of hydrogen-bond donors (Lipinski definition) is 0. The van der Waals surface area contributed by atoms with Crippen LogP contribution in [-0.4, -0.2) is 29.6 Å². The highest BCUT2D eigenvalue weighted by molar-refractivity contribution is 7.84. The molecule has 0 radical (unpaired) electrons. The van der Waals surface area contributed by atoms with E-state index in [9.17, 15) is 9.00 Å². The lowest BCUT2D eigenvalue weighted by atomic mass is 9.96. The highest BCUT2D eigenvalue weighted by Crippen LogP contribution is 2.34. The molecule has 0 bridgehead atoms. The summed E-state index contributed by atoms with van der Waals surface area (Å²) in [5.41, 5.74) is 4.90. The van der Waals surface area contributed by atoms with E-state index < -0.39 is 10.8 Å².